The van der Waals surface area contributed by atoms with Gasteiger partial charge in [0.15, 0.2) is 17.6 Å². The van der Waals surface area contributed by atoms with Crippen molar-refractivity contribution in [3.05, 3.63) is 41.1 Å². The molecule has 2 unspecified atom stereocenters. The SMILES string of the molecule is O=C1NC[C@@H](C(F)(F)F)CC1Cc1ccc2nc([C@@H](NC(O)c3nonc3C3CC3)[C@@H]3CCCC(F)(F)C3)cn2n1. The van der Waals surface area contributed by atoms with Crippen LogP contribution in [0.1, 0.15) is 85.9 Å². The summed E-state index contributed by atoms with van der Waals surface area (Å²) < 4.78 is 74.9. The van der Waals surface area contributed by atoms with Crippen molar-refractivity contribution in [3.63, 3.8) is 0 Å². The van der Waals surface area contributed by atoms with Crippen LogP contribution in [0.25, 0.3) is 5.65 Å². The molecular weight excluding hydrogens is 553 g/mol. The van der Waals surface area contributed by atoms with Crippen molar-refractivity contribution in [2.75, 3.05) is 6.54 Å². The van der Waals surface area contributed by atoms with Crippen molar-refractivity contribution in [1.29, 1.82) is 0 Å². The van der Waals surface area contributed by atoms with Gasteiger partial charge in [0.1, 0.15) is 5.69 Å². The Morgan fingerprint density at radius 2 is 2.02 bits per heavy atom. The van der Waals surface area contributed by atoms with Gasteiger partial charge in [-0.15, -0.1) is 0 Å². The summed E-state index contributed by atoms with van der Waals surface area (Å²) in [5, 5.41) is 28.6. The van der Waals surface area contributed by atoms with Crippen LogP contribution in [0.4, 0.5) is 22.0 Å². The van der Waals surface area contributed by atoms with Crippen LogP contribution in [-0.4, -0.2) is 54.6 Å². The lowest BCUT2D eigenvalue weighted by Crippen LogP contribution is -2.47. The Balaban J connectivity index is 1.26. The van der Waals surface area contributed by atoms with Gasteiger partial charge >= 0.3 is 6.18 Å². The minimum absolute atomic E-state index is 0.000208. The van der Waals surface area contributed by atoms with Gasteiger partial charge in [-0.2, -0.15) is 18.3 Å². The fourth-order valence-electron chi connectivity index (χ4n) is 6.02. The molecule has 1 aliphatic heterocycles. The Hall–Kier alpha value is -3.20. The number of halogens is 5. The van der Waals surface area contributed by atoms with E-state index in [1.54, 1.807) is 18.3 Å². The number of amides is 1. The molecule has 3 fully saturated rings. The molecule has 5 atom stereocenters. The van der Waals surface area contributed by atoms with Crippen LogP contribution in [0.5, 0.6) is 0 Å². The number of hydrogen-bond donors (Lipinski definition) is 3. The molecule has 222 valence electrons. The number of piperidine rings is 1. The van der Waals surface area contributed by atoms with E-state index in [9.17, 15) is 31.9 Å². The zero-order valence-corrected chi connectivity index (χ0v) is 21.9. The van der Waals surface area contributed by atoms with Crippen molar-refractivity contribution in [1.82, 2.24) is 35.5 Å². The summed E-state index contributed by atoms with van der Waals surface area (Å²) in [7, 11) is 0. The molecule has 10 nitrogen and oxygen atoms in total. The number of nitrogens with one attached hydrogen (secondary N) is 2. The number of nitrogens with zero attached hydrogens (tertiary/aromatic N) is 5. The molecular formula is C26H30F5N7O3. The van der Waals surface area contributed by atoms with Gasteiger partial charge in [0.05, 0.1) is 29.5 Å². The molecule has 41 heavy (non-hydrogen) atoms. The van der Waals surface area contributed by atoms with E-state index in [0.717, 1.165) is 12.8 Å². The molecule has 0 bridgehead atoms. The second kappa shape index (κ2) is 10.6. The topological polar surface area (TPSA) is 130 Å². The van der Waals surface area contributed by atoms with Gasteiger partial charge in [0, 0.05) is 37.6 Å². The summed E-state index contributed by atoms with van der Waals surface area (Å²) in [6.07, 6.45) is -2.55. The molecule has 15 heteroatoms. The average Bonchev–Trinajstić information content (AvgIpc) is 3.47. The molecule has 3 aromatic heterocycles. The number of carbonyl (C=O) groups excluding carboxylic acids is 1. The average molecular weight is 584 g/mol. The molecule has 3 aromatic rings. The third-order valence-corrected chi connectivity index (χ3v) is 8.34. The number of carbonyl (C=O) groups is 1. The lowest BCUT2D eigenvalue weighted by atomic mass is 9.80. The van der Waals surface area contributed by atoms with Crippen LogP contribution in [0.2, 0.25) is 0 Å². The molecule has 3 aliphatic rings. The van der Waals surface area contributed by atoms with Gasteiger partial charge in [-0.05, 0) is 50.2 Å². The molecule has 1 saturated heterocycles. The summed E-state index contributed by atoms with van der Waals surface area (Å²) in [6.45, 7) is -0.441. The van der Waals surface area contributed by atoms with E-state index in [2.05, 4.69) is 31.0 Å². The number of aliphatic hydroxyl groups is 1. The molecule has 0 aromatic carbocycles. The van der Waals surface area contributed by atoms with E-state index in [0.29, 0.717) is 35.6 Å². The van der Waals surface area contributed by atoms with Crippen LogP contribution >= 0.6 is 0 Å². The first-order chi connectivity index (χ1) is 19.5. The van der Waals surface area contributed by atoms with Gasteiger partial charge in [-0.25, -0.2) is 22.9 Å². The maximum absolute atomic E-state index is 14.5. The molecule has 0 spiro atoms. The Morgan fingerprint density at radius 1 is 1.22 bits per heavy atom. The molecule has 3 N–H and O–H groups in total. The highest BCUT2D eigenvalue weighted by Crippen LogP contribution is 2.44. The number of aliphatic hydroxyl groups excluding tert-OH is 1. The summed E-state index contributed by atoms with van der Waals surface area (Å²) in [5.74, 6) is -6.26. The van der Waals surface area contributed by atoms with Crippen molar-refractivity contribution < 1.29 is 36.5 Å². The summed E-state index contributed by atoms with van der Waals surface area (Å²) in [6, 6.07) is 2.41. The Kier molecular flexibility index (Phi) is 7.20. The number of rotatable bonds is 8. The molecule has 4 heterocycles. The second-order valence-electron chi connectivity index (χ2n) is 11.5. The van der Waals surface area contributed by atoms with E-state index in [4.69, 9.17) is 4.63 Å². The van der Waals surface area contributed by atoms with E-state index >= 15 is 0 Å². The number of fused-ring (bicyclic) bond motifs is 1. The van der Waals surface area contributed by atoms with Crippen LogP contribution in [0, 0.1) is 17.8 Å². The predicted octanol–water partition coefficient (Wildman–Crippen LogP) is 3.99. The molecule has 2 saturated carbocycles. The van der Waals surface area contributed by atoms with Crippen molar-refractivity contribution >= 4 is 11.6 Å². The summed E-state index contributed by atoms with van der Waals surface area (Å²) >= 11 is 0. The van der Waals surface area contributed by atoms with Crippen LogP contribution in [0.3, 0.4) is 0 Å². The number of hydrogen-bond acceptors (Lipinski definition) is 8. The minimum Gasteiger partial charge on any atom is -0.372 e. The lowest BCUT2D eigenvalue weighted by Gasteiger charge is -2.35. The zero-order valence-electron chi connectivity index (χ0n) is 21.9. The van der Waals surface area contributed by atoms with Crippen molar-refractivity contribution in [2.24, 2.45) is 17.8 Å². The van der Waals surface area contributed by atoms with Gasteiger partial charge < -0.3 is 10.4 Å². The maximum atomic E-state index is 14.5. The largest absolute Gasteiger partial charge is 0.393 e. The molecule has 2 aliphatic carbocycles. The third-order valence-electron chi connectivity index (χ3n) is 8.34. The first kappa shape index (κ1) is 27.9. The Bertz CT molecular complexity index is 1410. The fourth-order valence-corrected chi connectivity index (χ4v) is 6.02. The second-order valence-corrected chi connectivity index (χ2v) is 11.5. The standard InChI is InChI=1S/C26H30F5N7O3/c27-25(28)7-1-2-14(10-25)20(34-24(40)22-21(13-3-4-13)36-41-37-22)18-12-38-19(33-18)6-5-17(35-38)9-15-8-16(26(29,30)31)11-32-23(15)39/h5-6,12-16,20,24,34,40H,1-4,7-11H2,(H,32,39)/t14-,15?,16+,20+,24?/m1/s1. The smallest absolute Gasteiger partial charge is 0.372 e. The van der Waals surface area contributed by atoms with Crippen molar-refractivity contribution in [3.8, 4) is 0 Å². The first-order valence-electron chi connectivity index (χ1n) is 13.8. The Labute approximate surface area is 231 Å². The van der Waals surface area contributed by atoms with Crippen LogP contribution < -0.4 is 10.6 Å². The monoisotopic (exact) mass is 583 g/mol. The van der Waals surface area contributed by atoms with Gasteiger partial charge in [-0.3, -0.25) is 10.1 Å². The first-order valence-corrected chi connectivity index (χ1v) is 13.8. The van der Waals surface area contributed by atoms with Crippen LogP contribution in [0.15, 0.2) is 23.0 Å². The van der Waals surface area contributed by atoms with E-state index in [1.165, 1.54) is 4.52 Å². The highest BCUT2D eigenvalue weighted by atomic mass is 19.4. The third kappa shape index (κ3) is 6.05. The molecule has 1 amide bonds. The van der Waals surface area contributed by atoms with E-state index in [1.807, 2.05) is 0 Å². The van der Waals surface area contributed by atoms with Gasteiger partial charge in [-0.1, -0.05) is 10.3 Å². The van der Waals surface area contributed by atoms with E-state index < -0.39 is 61.0 Å². The highest BCUT2D eigenvalue weighted by molar-refractivity contribution is 5.79. The van der Waals surface area contributed by atoms with Crippen LogP contribution in [-0.2, 0) is 11.2 Å². The van der Waals surface area contributed by atoms with Gasteiger partial charge in [0.2, 0.25) is 11.8 Å². The fraction of sp³-hybridized carbons (Fsp3) is 0.654. The van der Waals surface area contributed by atoms with Crippen molar-refractivity contribution in [2.45, 2.75) is 81.7 Å². The normalized spacial score (nSPS) is 26.6. The highest BCUT2D eigenvalue weighted by Gasteiger charge is 2.45. The van der Waals surface area contributed by atoms with Gasteiger partial charge in [0.25, 0.3) is 0 Å². The van der Waals surface area contributed by atoms with E-state index in [-0.39, 0.29) is 30.9 Å². The quantitative estimate of drug-likeness (QED) is 0.268. The maximum Gasteiger partial charge on any atom is 0.393 e. The summed E-state index contributed by atoms with van der Waals surface area (Å²) in [4.78, 5) is 16.9. The predicted molar refractivity (Wildman–Crippen MR) is 131 cm³/mol. The zero-order chi connectivity index (χ0) is 28.9. The molecule has 6 rings (SSSR count). The number of alkyl halides is 5. The number of aromatic nitrogens is 5. The lowest BCUT2D eigenvalue weighted by molar-refractivity contribution is -0.183. The summed E-state index contributed by atoms with van der Waals surface area (Å²) in [5.41, 5.74) is 1.90. The minimum atomic E-state index is -4.41. The number of imidazole rings is 1. The molecule has 0 radical (unpaired) electrons. The Morgan fingerprint density at radius 3 is 2.76 bits per heavy atom.